The molecule has 0 saturated carbocycles. The second kappa shape index (κ2) is 3.06. The molecule has 66 valence electrons. The van der Waals surface area contributed by atoms with Crippen LogP contribution in [0, 0.1) is 3.57 Å². The molecule has 0 fully saturated rings. The lowest BCUT2D eigenvalue weighted by atomic mass is 10.1. The number of ether oxygens (including phenoxy) is 1. The fourth-order valence-electron chi connectivity index (χ4n) is 1.08. The summed E-state index contributed by atoms with van der Waals surface area (Å²) in [6, 6.07) is 3.23. The summed E-state index contributed by atoms with van der Waals surface area (Å²) in [5.41, 5.74) is 0.676. The van der Waals surface area contributed by atoms with Crippen molar-refractivity contribution in [1.29, 1.82) is 0 Å². The molecule has 3 nitrogen and oxygen atoms in total. The van der Waals surface area contributed by atoms with Crippen molar-refractivity contribution in [3.8, 4) is 0 Å². The van der Waals surface area contributed by atoms with Crippen molar-refractivity contribution < 1.29 is 14.3 Å². The van der Waals surface area contributed by atoms with Gasteiger partial charge in [-0.25, -0.2) is 9.59 Å². The first kappa shape index (κ1) is 9.14. The van der Waals surface area contributed by atoms with E-state index >= 15 is 0 Å². The number of halogens is 2. The van der Waals surface area contributed by atoms with Crippen molar-refractivity contribution in [1.82, 2.24) is 0 Å². The predicted octanol–water partition coefficient (Wildman–Crippen LogP) is 2.36. The Balaban J connectivity index is 2.72. The van der Waals surface area contributed by atoms with Gasteiger partial charge in [0.05, 0.1) is 11.1 Å². The molecule has 0 aromatic heterocycles. The minimum absolute atomic E-state index is 0.331. The first-order valence-corrected chi connectivity index (χ1v) is 5.22. The number of hydrogen-bond donors (Lipinski definition) is 0. The summed E-state index contributed by atoms with van der Waals surface area (Å²) >= 11 is 5.34. The number of benzene rings is 1. The van der Waals surface area contributed by atoms with E-state index in [1.807, 2.05) is 0 Å². The zero-order chi connectivity index (χ0) is 9.59. The van der Waals surface area contributed by atoms with Crippen LogP contribution in [0.3, 0.4) is 0 Å². The summed E-state index contributed by atoms with van der Waals surface area (Å²) in [6.07, 6.45) is 0. The van der Waals surface area contributed by atoms with Gasteiger partial charge in [-0.3, -0.25) is 0 Å². The lowest BCUT2D eigenvalue weighted by Gasteiger charge is -1.96. The Morgan fingerprint density at radius 1 is 1.15 bits per heavy atom. The summed E-state index contributed by atoms with van der Waals surface area (Å²) in [5, 5.41) is 0. The van der Waals surface area contributed by atoms with Gasteiger partial charge in [0.2, 0.25) is 0 Å². The van der Waals surface area contributed by atoms with Crippen molar-refractivity contribution in [3.63, 3.8) is 0 Å². The molecule has 1 aliphatic rings. The van der Waals surface area contributed by atoms with Gasteiger partial charge in [0.15, 0.2) is 0 Å². The molecule has 0 spiro atoms. The molecular weight excluding hydrogens is 351 g/mol. The molecule has 13 heavy (non-hydrogen) atoms. The SMILES string of the molecule is O=C1OC(=O)c2cc(I)c(Br)cc21. The molecule has 2 rings (SSSR count). The van der Waals surface area contributed by atoms with Crippen LogP contribution in [0.25, 0.3) is 0 Å². The van der Waals surface area contributed by atoms with Crippen molar-refractivity contribution in [2.24, 2.45) is 0 Å². The molecule has 0 saturated heterocycles. The fraction of sp³-hybridized carbons (Fsp3) is 0. The van der Waals surface area contributed by atoms with E-state index in [1.54, 1.807) is 12.1 Å². The predicted molar refractivity (Wildman–Crippen MR) is 56.6 cm³/mol. The molecule has 1 aromatic carbocycles. The summed E-state index contributed by atoms with van der Waals surface area (Å²) in [6.45, 7) is 0. The molecule has 5 heteroatoms. The van der Waals surface area contributed by atoms with Gasteiger partial charge in [-0.05, 0) is 50.7 Å². The van der Waals surface area contributed by atoms with E-state index in [0.717, 1.165) is 8.04 Å². The quantitative estimate of drug-likeness (QED) is 0.409. The first-order chi connectivity index (χ1) is 6.09. The molecule has 0 radical (unpaired) electrons. The largest absolute Gasteiger partial charge is 0.386 e. The van der Waals surface area contributed by atoms with Gasteiger partial charge < -0.3 is 4.74 Å². The molecule has 1 aromatic rings. The van der Waals surface area contributed by atoms with Crippen LogP contribution < -0.4 is 0 Å². The van der Waals surface area contributed by atoms with Crippen LogP contribution in [0.1, 0.15) is 20.7 Å². The number of cyclic esters (lactones) is 2. The number of fused-ring (bicyclic) bond motifs is 1. The Bertz CT molecular complexity index is 389. The maximum atomic E-state index is 11.1. The Morgan fingerprint density at radius 2 is 1.69 bits per heavy atom. The number of carbonyl (C=O) groups excluding carboxylic acids is 2. The standard InChI is InChI=1S/C8H2BrIO3/c9-5-1-3-4(2-6(5)10)8(12)13-7(3)11/h1-2H. The normalized spacial score (nSPS) is 14.3. The molecule has 0 bridgehead atoms. The number of hydrogen-bond acceptors (Lipinski definition) is 3. The summed E-state index contributed by atoms with van der Waals surface area (Å²) in [4.78, 5) is 22.2. The Labute approximate surface area is 95.7 Å². The van der Waals surface area contributed by atoms with Crippen LogP contribution in [0.15, 0.2) is 16.6 Å². The van der Waals surface area contributed by atoms with Crippen molar-refractivity contribution in [2.45, 2.75) is 0 Å². The summed E-state index contributed by atoms with van der Waals surface area (Å²) in [5.74, 6) is -1.14. The second-order valence-corrected chi connectivity index (χ2v) is 4.51. The smallest absolute Gasteiger partial charge is 0.346 e. The fourth-order valence-corrected chi connectivity index (χ4v) is 1.89. The molecule has 0 N–H and O–H groups in total. The van der Waals surface area contributed by atoms with Crippen LogP contribution >= 0.6 is 38.5 Å². The molecule has 0 aliphatic carbocycles. The van der Waals surface area contributed by atoms with Crippen LogP contribution in [0.4, 0.5) is 0 Å². The minimum atomic E-state index is -0.572. The second-order valence-electron chi connectivity index (χ2n) is 2.49. The maximum absolute atomic E-state index is 11.1. The van der Waals surface area contributed by atoms with Gasteiger partial charge in [0.25, 0.3) is 0 Å². The van der Waals surface area contributed by atoms with Gasteiger partial charge >= 0.3 is 11.9 Å². The van der Waals surface area contributed by atoms with Crippen LogP contribution in [-0.2, 0) is 4.74 Å². The van der Waals surface area contributed by atoms with Crippen LogP contribution in [-0.4, -0.2) is 11.9 Å². The average molecular weight is 353 g/mol. The van der Waals surface area contributed by atoms with E-state index in [1.165, 1.54) is 0 Å². The lowest BCUT2D eigenvalue weighted by molar-refractivity contribution is 0.0444. The third kappa shape index (κ3) is 1.39. The van der Waals surface area contributed by atoms with Crippen LogP contribution in [0.2, 0.25) is 0 Å². The lowest BCUT2D eigenvalue weighted by Crippen LogP contribution is -1.96. The van der Waals surface area contributed by atoms with Crippen LogP contribution in [0.5, 0.6) is 0 Å². The highest BCUT2D eigenvalue weighted by molar-refractivity contribution is 14.1. The monoisotopic (exact) mass is 352 g/mol. The van der Waals surface area contributed by atoms with Gasteiger partial charge in [0, 0.05) is 8.04 Å². The van der Waals surface area contributed by atoms with Gasteiger partial charge in [0.1, 0.15) is 0 Å². The molecular formula is C8H2BrIO3. The molecule has 0 amide bonds. The Kier molecular flexibility index (Phi) is 2.15. The highest BCUT2D eigenvalue weighted by Crippen LogP contribution is 2.28. The minimum Gasteiger partial charge on any atom is -0.386 e. The van der Waals surface area contributed by atoms with Gasteiger partial charge in [-0.2, -0.15) is 0 Å². The van der Waals surface area contributed by atoms with E-state index < -0.39 is 11.9 Å². The number of esters is 2. The summed E-state index contributed by atoms with van der Waals surface area (Å²) < 4.78 is 6.11. The molecule has 0 atom stereocenters. The summed E-state index contributed by atoms with van der Waals surface area (Å²) in [7, 11) is 0. The molecule has 1 aliphatic heterocycles. The highest BCUT2D eigenvalue weighted by Gasteiger charge is 2.30. The Morgan fingerprint density at radius 3 is 2.31 bits per heavy atom. The maximum Gasteiger partial charge on any atom is 0.346 e. The number of carbonyl (C=O) groups is 2. The van der Waals surface area contributed by atoms with E-state index in [9.17, 15) is 9.59 Å². The number of rotatable bonds is 0. The van der Waals surface area contributed by atoms with Crippen molar-refractivity contribution >= 4 is 50.5 Å². The zero-order valence-corrected chi connectivity index (χ0v) is 9.88. The Hall–Kier alpha value is -0.430. The zero-order valence-electron chi connectivity index (χ0n) is 6.14. The van der Waals surface area contributed by atoms with E-state index in [2.05, 4.69) is 43.3 Å². The topological polar surface area (TPSA) is 43.4 Å². The van der Waals surface area contributed by atoms with Gasteiger partial charge in [-0.15, -0.1) is 0 Å². The highest BCUT2D eigenvalue weighted by atomic mass is 127. The van der Waals surface area contributed by atoms with Crippen molar-refractivity contribution in [2.75, 3.05) is 0 Å². The third-order valence-corrected chi connectivity index (χ3v) is 3.98. The average Bonchev–Trinajstić information content (AvgIpc) is 2.31. The molecule has 0 unspecified atom stereocenters. The molecule has 1 heterocycles. The van der Waals surface area contributed by atoms with E-state index in [-0.39, 0.29) is 0 Å². The van der Waals surface area contributed by atoms with Crippen molar-refractivity contribution in [3.05, 3.63) is 31.3 Å². The first-order valence-electron chi connectivity index (χ1n) is 3.35. The van der Waals surface area contributed by atoms with E-state index in [4.69, 9.17) is 0 Å². The van der Waals surface area contributed by atoms with E-state index in [0.29, 0.717) is 11.1 Å². The van der Waals surface area contributed by atoms with Gasteiger partial charge in [-0.1, -0.05) is 0 Å². The third-order valence-electron chi connectivity index (χ3n) is 1.69.